The molecule has 104 valence electrons. The van der Waals surface area contributed by atoms with Gasteiger partial charge in [-0.3, -0.25) is 0 Å². The summed E-state index contributed by atoms with van der Waals surface area (Å²) in [4.78, 5) is 17.7. The summed E-state index contributed by atoms with van der Waals surface area (Å²) < 4.78 is 12.9. The first-order valence-corrected chi connectivity index (χ1v) is 5.80. The molecule has 0 spiro atoms. The summed E-state index contributed by atoms with van der Waals surface area (Å²) in [7, 11) is 0. The van der Waals surface area contributed by atoms with Gasteiger partial charge in [0, 0.05) is 24.2 Å². The molecule has 0 bridgehead atoms. The summed E-state index contributed by atoms with van der Waals surface area (Å²) in [6.07, 6.45) is 1.41. The Balaban J connectivity index is 0.00000220. The van der Waals surface area contributed by atoms with E-state index in [4.69, 9.17) is 0 Å². The fourth-order valence-electron chi connectivity index (χ4n) is 1.60. The molecule has 0 aliphatic rings. The first-order valence-electron chi connectivity index (χ1n) is 5.80. The van der Waals surface area contributed by atoms with Gasteiger partial charge in [-0.25, -0.2) is 14.4 Å². The van der Waals surface area contributed by atoms with Gasteiger partial charge in [0.2, 0.25) is 5.95 Å². The maximum atomic E-state index is 12.9. The molecule has 2 rings (SSSR count). The number of hydrogen-bond acceptors (Lipinski definition) is 6. The number of carbonyl (C=O) groups is 1. The van der Waals surface area contributed by atoms with Gasteiger partial charge in [-0.15, -0.1) is 0 Å². The molecular weight excluding hydrogens is 311 g/mol. The van der Waals surface area contributed by atoms with Gasteiger partial charge in [-0.2, -0.15) is 0 Å². The third-order valence-electron chi connectivity index (χ3n) is 2.56. The first kappa shape index (κ1) is 21.3. The fraction of sp³-hybridized carbons (Fsp3) is 0.154. The monoisotopic (exact) mass is 321 g/mol. The van der Waals surface area contributed by atoms with Crippen molar-refractivity contribution in [1.29, 1.82) is 0 Å². The van der Waals surface area contributed by atoms with Crippen molar-refractivity contribution in [3.05, 3.63) is 47.4 Å². The Kier molecular flexibility index (Phi) is 9.82. The molecule has 0 saturated heterocycles. The van der Waals surface area contributed by atoms with Crippen LogP contribution < -0.4 is 74.6 Å². The molecule has 0 radical (unpaired) electrons. The fourth-order valence-corrected chi connectivity index (χ4v) is 1.60. The van der Waals surface area contributed by atoms with E-state index in [0.717, 1.165) is 11.8 Å². The maximum Gasteiger partial charge on any atom is 1.00 e. The van der Waals surface area contributed by atoms with Gasteiger partial charge in [-0.05, 0) is 24.1 Å². The Morgan fingerprint density at radius 2 is 2.05 bits per heavy atom. The van der Waals surface area contributed by atoms with Gasteiger partial charge >= 0.3 is 59.1 Å². The number of benzene rings is 1. The number of anilines is 1. The summed E-state index contributed by atoms with van der Waals surface area (Å²) in [6, 6.07) is 6.12. The van der Waals surface area contributed by atoms with Crippen LogP contribution in [0.2, 0.25) is 0 Å². The number of halogens is 1. The molecule has 1 heterocycles. The van der Waals surface area contributed by atoms with E-state index in [0.29, 0.717) is 13.0 Å². The SMILES string of the molecule is O=C([O-])c1cnc(NCCc2cccc(F)c2)nc1[O-].[Na+].[Na+]. The average Bonchev–Trinajstić information content (AvgIpc) is 2.38. The van der Waals surface area contributed by atoms with Crippen molar-refractivity contribution in [1.82, 2.24) is 9.97 Å². The second-order valence-electron chi connectivity index (χ2n) is 4.01. The van der Waals surface area contributed by atoms with Crippen LogP contribution in [0.25, 0.3) is 0 Å². The summed E-state index contributed by atoms with van der Waals surface area (Å²) in [5.41, 5.74) is 0.201. The van der Waals surface area contributed by atoms with Gasteiger partial charge in [-0.1, -0.05) is 12.1 Å². The van der Waals surface area contributed by atoms with Gasteiger partial charge in [0.25, 0.3) is 0 Å². The van der Waals surface area contributed by atoms with Gasteiger partial charge in [0.1, 0.15) is 5.82 Å². The van der Waals surface area contributed by atoms with E-state index in [9.17, 15) is 19.4 Å². The minimum absolute atomic E-state index is 0. The summed E-state index contributed by atoms with van der Waals surface area (Å²) in [5, 5.41) is 24.6. The summed E-state index contributed by atoms with van der Waals surface area (Å²) >= 11 is 0. The van der Waals surface area contributed by atoms with Crippen molar-refractivity contribution in [2.75, 3.05) is 11.9 Å². The second kappa shape index (κ2) is 10.1. The van der Waals surface area contributed by atoms with Crippen molar-refractivity contribution < 1.29 is 78.5 Å². The van der Waals surface area contributed by atoms with Gasteiger partial charge in [0.15, 0.2) is 0 Å². The Labute approximate surface area is 170 Å². The molecule has 0 saturated carbocycles. The van der Waals surface area contributed by atoms with Crippen LogP contribution in [-0.2, 0) is 6.42 Å². The van der Waals surface area contributed by atoms with Crippen molar-refractivity contribution >= 4 is 11.9 Å². The standard InChI is InChI=1S/C13H12FN3O3.2Na/c14-9-3-1-2-8(6-9)4-5-15-13-16-7-10(12(19)20)11(18)17-13;;/h1-3,6-7H,4-5H2,(H,19,20)(H2,15,16,17,18);;/q;2*+1/p-2. The third-order valence-corrected chi connectivity index (χ3v) is 2.56. The van der Waals surface area contributed by atoms with E-state index in [1.165, 1.54) is 12.1 Å². The number of carboxylic acid groups (broad SMARTS) is 1. The van der Waals surface area contributed by atoms with E-state index in [2.05, 4.69) is 15.3 Å². The van der Waals surface area contributed by atoms with Crippen LogP contribution in [0.1, 0.15) is 15.9 Å². The normalized spacial score (nSPS) is 9.32. The van der Waals surface area contributed by atoms with E-state index >= 15 is 0 Å². The predicted molar refractivity (Wildman–Crippen MR) is 64.4 cm³/mol. The molecule has 1 N–H and O–H groups in total. The predicted octanol–water partition coefficient (Wildman–Crippen LogP) is -6.28. The topological polar surface area (TPSA) is 101 Å². The molecule has 0 aliphatic carbocycles. The minimum Gasteiger partial charge on any atom is -0.858 e. The molecule has 0 fully saturated rings. The van der Waals surface area contributed by atoms with Gasteiger partial charge < -0.3 is 20.3 Å². The molecular formula is C13H10FN3Na2O3. The summed E-state index contributed by atoms with van der Waals surface area (Å²) in [6.45, 7) is 0.383. The number of aromatic carboxylic acids is 1. The van der Waals surface area contributed by atoms with E-state index in [-0.39, 0.29) is 70.9 Å². The molecule has 0 atom stereocenters. The van der Waals surface area contributed by atoms with Crippen LogP contribution in [0, 0.1) is 5.82 Å². The number of rotatable bonds is 5. The number of carboxylic acids is 1. The van der Waals surface area contributed by atoms with Crippen molar-refractivity contribution in [3.63, 3.8) is 0 Å². The summed E-state index contributed by atoms with van der Waals surface area (Å²) in [5.74, 6) is -2.81. The molecule has 1 aromatic heterocycles. The van der Waals surface area contributed by atoms with Crippen molar-refractivity contribution in [2.24, 2.45) is 0 Å². The van der Waals surface area contributed by atoms with Crippen LogP contribution in [0.15, 0.2) is 30.5 Å². The molecule has 9 heteroatoms. The largest absolute Gasteiger partial charge is 1.00 e. The van der Waals surface area contributed by atoms with Crippen LogP contribution in [0.3, 0.4) is 0 Å². The minimum atomic E-state index is -1.61. The van der Waals surface area contributed by atoms with Crippen molar-refractivity contribution in [2.45, 2.75) is 6.42 Å². The molecule has 1 aromatic carbocycles. The number of hydrogen-bond donors (Lipinski definition) is 1. The smallest absolute Gasteiger partial charge is 0.858 e. The van der Waals surface area contributed by atoms with Crippen LogP contribution in [0.5, 0.6) is 5.88 Å². The number of aromatic nitrogens is 2. The van der Waals surface area contributed by atoms with E-state index in [1.807, 2.05) is 0 Å². The molecule has 6 nitrogen and oxygen atoms in total. The zero-order valence-corrected chi connectivity index (χ0v) is 16.3. The Hall–Kier alpha value is -0.700. The number of nitrogens with zero attached hydrogens (tertiary/aromatic N) is 2. The molecule has 0 unspecified atom stereocenters. The van der Waals surface area contributed by atoms with Gasteiger partial charge in [0.05, 0.1) is 5.97 Å². The Morgan fingerprint density at radius 1 is 1.32 bits per heavy atom. The first-order chi connectivity index (χ1) is 9.56. The number of carbonyl (C=O) groups excluding carboxylic acids is 1. The third kappa shape index (κ3) is 6.20. The Morgan fingerprint density at radius 3 is 2.64 bits per heavy atom. The molecule has 0 aliphatic heterocycles. The van der Waals surface area contributed by atoms with E-state index < -0.39 is 17.4 Å². The van der Waals surface area contributed by atoms with E-state index in [1.54, 1.807) is 12.1 Å². The van der Waals surface area contributed by atoms with Crippen LogP contribution in [0.4, 0.5) is 10.3 Å². The second-order valence-corrected chi connectivity index (χ2v) is 4.01. The zero-order chi connectivity index (χ0) is 14.5. The molecule has 0 amide bonds. The zero-order valence-electron chi connectivity index (χ0n) is 12.3. The quantitative estimate of drug-likeness (QED) is 0.550. The molecule has 22 heavy (non-hydrogen) atoms. The van der Waals surface area contributed by atoms with Crippen LogP contribution >= 0.6 is 0 Å². The van der Waals surface area contributed by atoms with Crippen LogP contribution in [-0.4, -0.2) is 22.5 Å². The molecule has 2 aromatic rings. The maximum absolute atomic E-state index is 12.9. The Bertz CT molecular complexity index is 644. The van der Waals surface area contributed by atoms with Crippen molar-refractivity contribution in [3.8, 4) is 5.88 Å². The average molecular weight is 321 g/mol. The number of nitrogens with one attached hydrogen (secondary N) is 1.